The lowest BCUT2D eigenvalue weighted by atomic mass is 9.86. The third kappa shape index (κ3) is 2.90. The third-order valence-electron chi connectivity index (χ3n) is 1.71. The first-order chi connectivity index (χ1) is 4.54. The van der Waals surface area contributed by atoms with E-state index in [2.05, 4.69) is 0 Å². The highest BCUT2D eigenvalue weighted by Crippen LogP contribution is 2.25. The molecule has 0 aromatic carbocycles. The quantitative estimate of drug-likeness (QED) is 0.562. The molecule has 1 nitrogen and oxygen atoms in total. The highest BCUT2D eigenvalue weighted by Gasteiger charge is 2.25. The predicted molar refractivity (Wildman–Crippen MR) is 35.1 cm³/mol. The smallest absolute Gasteiger partial charge is 0.239 e. The first-order valence-electron chi connectivity index (χ1n) is 3.28. The Morgan fingerprint density at radius 2 is 2.10 bits per heavy atom. The Bertz CT molecular complexity index is 114. The van der Waals surface area contributed by atoms with Gasteiger partial charge in [0.15, 0.2) is 0 Å². The van der Waals surface area contributed by atoms with E-state index in [1.165, 1.54) is 0 Å². The van der Waals surface area contributed by atoms with Gasteiger partial charge in [-0.05, 0) is 6.42 Å². The number of hydrogen-bond acceptors (Lipinski definition) is 1. The molecule has 10 heavy (non-hydrogen) atoms. The molecule has 60 valence electrons. The van der Waals surface area contributed by atoms with Crippen molar-refractivity contribution in [3.63, 3.8) is 0 Å². The minimum absolute atomic E-state index is 0.326. The Kier molecular flexibility index (Phi) is 3.47. The molecule has 3 heteroatoms. The summed E-state index contributed by atoms with van der Waals surface area (Å²) >= 11 is 0. The maximum Gasteiger partial charge on any atom is 0.239 e. The van der Waals surface area contributed by atoms with Crippen LogP contribution in [-0.2, 0) is 4.79 Å². The maximum absolute atomic E-state index is 11.7. The van der Waals surface area contributed by atoms with Crippen LogP contribution >= 0.6 is 0 Å². The molecule has 0 aliphatic carbocycles. The number of alkyl halides is 2. The van der Waals surface area contributed by atoms with Crippen LogP contribution in [0.2, 0.25) is 0 Å². The standard InChI is InChI=1S/C7H12F2O/c1-3-7(2,5-10)4-6(8)9/h5-6H,3-4H2,1-2H3. The second kappa shape index (κ2) is 3.64. The fourth-order valence-electron chi connectivity index (χ4n) is 0.628. The number of hydrogen-bond donors (Lipinski definition) is 0. The normalized spacial score (nSPS) is 16.9. The molecule has 0 saturated heterocycles. The average molecular weight is 150 g/mol. The van der Waals surface area contributed by atoms with Gasteiger partial charge in [-0.15, -0.1) is 0 Å². The third-order valence-corrected chi connectivity index (χ3v) is 1.71. The lowest BCUT2D eigenvalue weighted by Gasteiger charge is -2.19. The molecule has 1 atom stereocenters. The fourth-order valence-corrected chi connectivity index (χ4v) is 0.628. The van der Waals surface area contributed by atoms with Crippen LogP contribution in [0.15, 0.2) is 0 Å². The molecule has 0 fully saturated rings. The van der Waals surface area contributed by atoms with Crippen LogP contribution in [0, 0.1) is 5.41 Å². The molecule has 0 amide bonds. The van der Waals surface area contributed by atoms with E-state index in [0.29, 0.717) is 12.7 Å². The molecule has 0 aliphatic rings. The highest BCUT2D eigenvalue weighted by molar-refractivity contribution is 5.58. The molecule has 0 radical (unpaired) electrons. The topological polar surface area (TPSA) is 17.1 Å². The van der Waals surface area contributed by atoms with Gasteiger partial charge in [0, 0.05) is 11.8 Å². The van der Waals surface area contributed by atoms with Crippen molar-refractivity contribution in [2.24, 2.45) is 5.41 Å². The van der Waals surface area contributed by atoms with Crippen molar-refractivity contribution < 1.29 is 13.6 Å². The van der Waals surface area contributed by atoms with Crippen LogP contribution in [0.1, 0.15) is 26.7 Å². The number of aldehydes is 1. The molecular formula is C7H12F2O. The van der Waals surface area contributed by atoms with Gasteiger partial charge in [-0.3, -0.25) is 0 Å². The molecule has 1 unspecified atom stereocenters. The SMILES string of the molecule is CCC(C)(C=O)CC(F)F. The Balaban J connectivity index is 3.92. The van der Waals surface area contributed by atoms with Gasteiger partial charge in [0.2, 0.25) is 6.43 Å². The van der Waals surface area contributed by atoms with Crippen LogP contribution in [-0.4, -0.2) is 12.7 Å². The van der Waals surface area contributed by atoms with Crippen LogP contribution in [0.3, 0.4) is 0 Å². The summed E-state index contributed by atoms with van der Waals surface area (Å²) < 4.78 is 23.5. The summed E-state index contributed by atoms with van der Waals surface area (Å²) in [6.45, 7) is 3.28. The van der Waals surface area contributed by atoms with E-state index in [9.17, 15) is 13.6 Å². The predicted octanol–water partition coefficient (Wildman–Crippen LogP) is 2.26. The van der Waals surface area contributed by atoms with E-state index in [0.717, 1.165) is 0 Å². The molecule has 0 aromatic rings. The van der Waals surface area contributed by atoms with Gasteiger partial charge < -0.3 is 4.79 Å². The minimum Gasteiger partial charge on any atom is -0.303 e. The lowest BCUT2D eigenvalue weighted by Crippen LogP contribution is -2.20. The average Bonchev–Trinajstić information content (AvgIpc) is 1.87. The molecule has 0 bridgehead atoms. The molecule has 0 rings (SSSR count). The van der Waals surface area contributed by atoms with Gasteiger partial charge in [0.1, 0.15) is 6.29 Å². The van der Waals surface area contributed by atoms with Crippen molar-refractivity contribution in [3.8, 4) is 0 Å². The van der Waals surface area contributed by atoms with Crippen molar-refractivity contribution in [2.45, 2.75) is 33.1 Å². The van der Waals surface area contributed by atoms with E-state index in [1.54, 1.807) is 13.8 Å². The summed E-state index contributed by atoms with van der Waals surface area (Å²) in [5.74, 6) is 0. The Labute approximate surface area is 59.4 Å². The van der Waals surface area contributed by atoms with Gasteiger partial charge in [-0.2, -0.15) is 0 Å². The molecular weight excluding hydrogens is 138 g/mol. The second-order valence-electron chi connectivity index (χ2n) is 2.72. The number of carbonyl (C=O) groups is 1. The largest absolute Gasteiger partial charge is 0.303 e. The minimum atomic E-state index is -2.38. The Hall–Kier alpha value is -0.470. The van der Waals surface area contributed by atoms with Crippen molar-refractivity contribution in [2.75, 3.05) is 0 Å². The van der Waals surface area contributed by atoms with Gasteiger partial charge in [0.25, 0.3) is 0 Å². The summed E-state index contributed by atoms with van der Waals surface area (Å²) in [7, 11) is 0. The monoisotopic (exact) mass is 150 g/mol. The zero-order valence-corrected chi connectivity index (χ0v) is 6.23. The van der Waals surface area contributed by atoms with Crippen molar-refractivity contribution in [1.29, 1.82) is 0 Å². The van der Waals surface area contributed by atoms with Gasteiger partial charge >= 0.3 is 0 Å². The van der Waals surface area contributed by atoms with E-state index < -0.39 is 11.8 Å². The van der Waals surface area contributed by atoms with E-state index >= 15 is 0 Å². The van der Waals surface area contributed by atoms with E-state index in [4.69, 9.17) is 0 Å². The molecule has 0 N–H and O–H groups in total. The van der Waals surface area contributed by atoms with Crippen molar-refractivity contribution in [1.82, 2.24) is 0 Å². The Morgan fingerprint density at radius 1 is 1.60 bits per heavy atom. The van der Waals surface area contributed by atoms with Crippen LogP contribution in [0.5, 0.6) is 0 Å². The second-order valence-corrected chi connectivity index (χ2v) is 2.72. The zero-order chi connectivity index (χ0) is 8.20. The van der Waals surface area contributed by atoms with Crippen LogP contribution < -0.4 is 0 Å². The van der Waals surface area contributed by atoms with Crippen LogP contribution in [0.4, 0.5) is 8.78 Å². The number of halogens is 2. The summed E-state index contributed by atoms with van der Waals surface area (Å²) in [5, 5.41) is 0. The van der Waals surface area contributed by atoms with Gasteiger partial charge in [-0.25, -0.2) is 8.78 Å². The number of rotatable bonds is 4. The summed E-state index contributed by atoms with van der Waals surface area (Å²) in [4.78, 5) is 10.3. The highest BCUT2D eigenvalue weighted by atomic mass is 19.3. The van der Waals surface area contributed by atoms with Gasteiger partial charge in [0.05, 0.1) is 0 Å². The first-order valence-corrected chi connectivity index (χ1v) is 3.28. The molecule has 0 aromatic heterocycles. The van der Waals surface area contributed by atoms with E-state index in [-0.39, 0.29) is 6.42 Å². The molecule has 0 aliphatic heterocycles. The maximum atomic E-state index is 11.7. The fraction of sp³-hybridized carbons (Fsp3) is 0.857. The molecule has 0 heterocycles. The van der Waals surface area contributed by atoms with Crippen molar-refractivity contribution >= 4 is 6.29 Å². The van der Waals surface area contributed by atoms with Crippen LogP contribution in [0.25, 0.3) is 0 Å². The summed E-state index contributed by atoms with van der Waals surface area (Å²) in [6.07, 6.45) is -1.62. The molecule has 0 spiro atoms. The first kappa shape index (κ1) is 9.53. The Morgan fingerprint density at radius 3 is 2.20 bits per heavy atom. The molecule has 0 saturated carbocycles. The lowest BCUT2D eigenvalue weighted by molar-refractivity contribution is -0.117. The summed E-state index contributed by atoms with van der Waals surface area (Å²) in [5.41, 5.74) is -0.825. The number of carbonyl (C=O) groups excluding carboxylic acids is 1. The van der Waals surface area contributed by atoms with E-state index in [1.807, 2.05) is 0 Å². The summed E-state index contributed by atoms with van der Waals surface area (Å²) in [6, 6.07) is 0. The van der Waals surface area contributed by atoms with Crippen molar-refractivity contribution in [3.05, 3.63) is 0 Å². The van der Waals surface area contributed by atoms with Gasteiger partial charge in [-0.1, -0.05) is 13.8 Å². The zero-order valence-electron chi connectivity index (χ0n) is 6.23.